The molecule has 0 aliphatic carbocycles. The van der Waals surface area contributed by atoms with Gasteiger partial charge in [0.15, 0.2) is 0 Å². The molecule has 4 rings (SSSR count). The molecule has 5 nitrogen and oxygen atoms in total. The lowest BCUT2D eigenvalue weighted by Crippen LogP contribution is -2.43. The first-order valence-corrected chi connectivity index (χ1v) is 11.8. The zero-order valence-electron chi connectivity index (χ0n) is 19.4. The number of benzene rings is 3. The minimum Gasteiger partial charge on any atom is -0.496 e. The molecule has 1 unspecified atom stereocenters. The zero-order valence-corrected chi connectivity index (χ0v) is 19.4. The Morgan fingerprint density at radius 2 is 1.64 bits per heavy atom. The van der Waals surface area contributed by atoms with Crippen LogP contribution in [0.1, 0.15) is 54.6 Å². The number of nitrogens with zero attached hydrogens (tertiary/aromatic N) is 1. The Labute approximate surface area is 195 Å². The summed E-state index contributed by atoms with van der Waals surface area (Å²) in [6.07, 6.45) is 3.28. The number of piperidine rings is 1. The molecule has 1 heterocycles. The number of likely N-dealkylation sites (tertiary alicyclic amines) is 1. The van der Waals surface area contributed by atoms with Crippen molar-refractivity contribution in [3.63, 3.8) is 0 Å². The highest BCUT2D eigenvalue weighted by Gasteiger charge is 2.29. The van der Waals surface area contributed by atoms with Crippen molar-refractivity contribution < 1.29 is 14.3 Å². The van der Waals surface area contributed by atoms with Crippen molar-refractivity contribution >= 4 is 22.6 Å². The Hall–Kier alpha value is -3.34. The SMILES string of the molecule is CCCC(NC(=O)C1CCN(C(=O)c2ccc(OC)c3ccccc23)CC1)c1ccccc1. The van der Waals surface area contributed by atoms with E-state index in [9.17, 15) is 9.59 Å². The van der Waals surface area contributed by atoms with Gasteiger partial charge in [0, 0.05) is 30.0 Å². The number of hydrogen-bond acceptors (Lipinski definition) is 3. The number of carbonyl (C=O) groups excluding carboxylic acids is 2. The molecular formula is C28H32N2O3. The fraction of sp³-hybridized carbons (Fsp3) is 0.357. The van der Waals surface area contributed by atoms with Crippen LogP contribution in [0.5, 0.6) is 5.75 Å². The number of amides is 2. The van der Waals surface area contributed by atoms with Gasteiger partial charge < -0.3 is 15.0 Å². The average molecular weight is 445 g/mol. The molecule has 2 amide bonds. The Kier molecular flexibility index (Phi) is 7.28. The maximum atomic E-state index is 13.3. The molecule has 1 saturated heterocycles. The molecule has 0 bridgehead atoms. The van der Waals surface area contributed by atoms with Gasteiger partial charge in [0.2, 0.25) is 5.91 Å². The number of nitrogens with one attached hydrogen (secondary N) is 1. The fourth-order valence-corrected chi connectivity index (χ4v) is 4.74. The topological polar surface area (TPSA) is 58.6 Å². The predicted molar refractivity (Wildman–Crippen MR) is 131 cm³/mol. The van der Waals surface area contributed by atoms with Crippen LogP contribution in [-0.2, 0) is 4.79 Å². The van der Waals surface area contributed by atoms with E-state index in [1.165, 1.54) is 0 Å². The maximum absolute atomic E-state index is 13.3. The third-order valence-corrected chi connectivity index (χ3v) is 6.58. The lowest BCUT2D eigenvalue weighted by molar-refractivity contribution is -0.127. The van der Waals surface area contributed by atoms with Crippen molar-refractivity contribution in [1.29, 1.82) is 0 Å². The highest BCUT2D eigenvalue weighted by molar-refractivity contribution is 6.08. The highest BCUT2D eigenvalue weighted by atomic mass is 16.5. The van der Waals surface area contributed by atoms with Crippen LogP contribution in [0.4, 0.5) is 0 Å². The molecule has 0 radical (unpaired) electrons. The first-order valence-electron chi connectivity index (χ1n) is 11.8. The van der Waals surface area contributed by atoms with E-state index in [1.807, 2.05) is 59.5 Å². The molecule has 0 spiro atoms. The second-order valence-corrected chi connectivity index (χ2v) is 8.69. The minimum absolute atomic E-state index is 0.0147. The predicted octanol–water partition coefficient (Wildman–Crippen LogP) is 5.36. The van der Waals surface area contributed by atoms with E-state index in [4.69, 9.17) is 4.74 Å². The van der Waals surface area contributed by atoms with Gasteiger partial charge in [-0.2, -0.15) is 0 Å². The van der Waals surface area contributed by atoms with Crippen LogP contribution < -0.4 is 10.1 Å². The van der Waals surface area contributed by atoms with Gasteiger partial charge in [-0.1, -0.05) is 67.9 Å². The van der Waals surface area contributed by atoms with Crippen LogP contribution in [0.2, 0.25) is 0 Å². The summed E-state index contributed by atoms with van der Waals surface area (Å²) in [7, 11) is 1.64. The van der Waals surface area contributed by atoms with Crippen molar-refractivity contribution in [1.82, 2.24) is 10.2 Å². The first kappa shape index (κ1) is 22.8. The largest absolute Gasteiger partial charge is 0.496 e. The summed E-state index contributed by atoms with van der Waals surface area (Å²) in [5.74, 6) is 0.808. The molecule has 3 aromatic rings. The molecule has 0 aromatic heterocycles. The molecule has 33 heavy (non-hydrogen) atoms. The van der Waals surface area contributed by atoms with Gasteiger partial charge in [0.1, 0.15) is 5.75 Å². The summed E-state index contributed by atoms with van der Waals surface area (Å²) in [4.78, 5) is 28.2. The van der Waals surface area contributed by atoms with Crippen LogP contribution >= 0.6 is 0 Å². The van der Waals surface area contributed by atoms with Crippen LogP contribution in [0.15, 0.2) is 66.7 Å². The van der Waals surface area contributed by atoms with E-state index in [-0.39, 0.29) is 23.8 Å². The van der Waals surface area contributed by atoms with E-state index in [0.29, 0.717) is 31.5 Å². The normalized spacial score (nSPS) is 15.3. The summed E-state index contributed by atoms with van der Waals surface area (Å²) < 4.78 is 5.46. The Bertz CT molecular complexity index is 1100. The molecule has 1 aliphatic rings. The number of hydrogen-bond donors (Lipinski definition) is 1. The van der Waals surface area contributed by atoms with Crippen molar-refractivity contribution in [2.45, 2.75) is 38.6 Å². The first-order chi connectivity index (χ1) is 16.1. The molecule has 172 valence electrons. The van der Waals surface area contributed by atoms with E-state index in [1.54, 1.807) is 7.11 Å². The zero-order chi connectivity index (χ0) is 23.2. The van der Waals surface area contributed by atoms with Gasteiger partial charge in [-0.15, -0.1) is 0 Å². The van der Waals surface area contributed by atoms with Crippen molar-refractivity contribution in [2.24, 2.45) is 5.92 Å². The van der Waals surface area contributed by atoms with Crippen LogP contribution in [0.25, 0.3) is 10.8 Å². The quantitative estimate of drug-likeness (QED) is 0.534. The van der Waals surface area contributed by atoms with Gasteiger partial charge in [-0.3, -0.25) is 9.59 Å². The maximum Gasteiger partial charge on any atom is 0.254 e. The Morgan fingerprint density at radius 3 is 2.30 bits per heavy atom. The van der Waals surface area contributed by atoms with Gasteiger partial charge in [0.05, 0.1) is 13.2 Å². The second-order valence-electron chi connectivity index (χ2n) is 8.69. The number of carbonyl (C=O) groups is 2. The van der Waals surface area contributed by atoms with E-state index in [2.05, 4.69) is 24.4 Å². The third kappa shape index (κ3) is 5.03. The molecule has 1 atom stereocenters. The van der Waals surface area contributed by atoms with Crippen LogP contribution in [0.3, 0.4) is 0 Å². The van der Waals surface area contributed by atoms with Gasteiger partial charge in [-0.25, -0.2) is 0 Å². The van der Waals surface area contributed by atoms with Crippen LogP contribution in [-0.4, -0.2) is 36.9 Å². The number of ether oxygens (including phenoxy) is 1. The average Bonchev–Trinajstić information content (AvgIpc) is 2.88. The second kappa shape index (κ2) is 10.5. The Balaban J connectivity index is 1.41. The van der Waals surface area contributed by atoms with Gasteiger partial charge >= 0.3 is 0 Å². The molecule has 1 N–H and O–H groups in total. The third-order valence-electron chi connectivity index (χ3n) is 6.58. The lowest BCUT2D eigenvalue weighted by atomic mass is 9.93. The smallest absolute Gasteiger partial charge is 0.254 e. The van der Waals surface area contributed by atoms with Gasteiger partial charge in [-0.05, 0) is 42.3 Å². The van der Waals surface area contributed by atoms with Crippen molar-refractivity contribution in [3.05, 3.63) is 77.9 Å². The monoisotopic (exact) mass is 444 g/mol. The standard InChI is InChI=1S/C28H32N2O3/c1-3-9-25(20-10-5-4-6-11-20)29-27(31)21-16-18-30(19-17-21)28(32)24-14-15-26(33-2)23-13-8-7-12-22(23)24/h4-8,10-15,21,25H,3,9,16-19H2,1-2H3,(H,29,31). The molecule has 1 fully saturated rings. The summed E-state index contributed by atoms with van der Waals surface area (Å²) >= 11 is 0. The fourth-order valence-electron chi connectivity index (χ4n) is 4.74. The minimum atomic E-state index is -0.0651. The lowest BCUT2D eigenvalue weighted by Gasteiger charge is -2.32. The molecule has 5 heteroatoms. The summed E-state index contributed by atoms with van der Waals surface area (Å²) in [5.41, 5.74) is 1.83. The van der Waals surface area contributed by atoms with E-state index in [0.717, 1.165) is 34.9 Å². The van der Waals surface area contributed by atoms with E-state index >= 15 is 0 Å². The number of methoxy groups -OCH3 is 1. The molecule has 0 saturated carbocycles. The number of fused-ring (bicyclic) bond motifs is 1. The molecule has 1 aliphatic heterocycles. The highest BCUT2D eigenvalue weighted by Crippen LogP contribution is 2.30. The summed E-state index contributed by atoms with van der Waals surface area (Å²) in [5, 5.41) is 5.09. The summed E-state index contributed by atoms with van der Waals surface area (Å²) in [6.45, 7) is 3.30. The van der Waals surface area contributed by atoms with E-state index < -0.39 is 0 Å². The Morgan fingerprint density at radius 1 is 0.970 bits per heavy atom. The van der Waals surface area contributed by atoms with Crippen molar-refractivity contribution in [2.75, 3.05) is 20.2 Å². The molecule has 3 aromatic carbocycles. The van der Waals surface area contributed by atoms with Gasteiger partial charge in [0.25, 0.3) is 5.91 Å². The van der Waals surface area contributed by atoms with Crippen LogP contribution in [0, 0.1) is 5.92 Å². The van der Waals surface area contributed by atoms with Crippen molar-refractivity contribution in [3.8, 4) is 5.75 Å². The summed E-state index contributed by atoms with van der Waals surface area (Å²) in [6, 6.07) is 21.7. The number of rotatable bonds is 7. The molecular weight excluding hydrogens is 412 g/mol.